The molecular weight excluding hydrogens is 388 g/mol. The number of carbonyl (C=O) groups is 4. The largest absolute Gasteiger partial charge is 0.347 e. The normalized spacial score (nSPS) is 27.7. The average molecular weight is 418 g/mol. The molecule has 10 nitrogen and oxygen atoms in total. The molecule has 30 heavy (non-hydrogen) atoms. The Morgan fingerprint density at radius 3 is 1.40 bits per heavy atom. The van der Waals surface area contributed by atoms with E-state index < -0.39 is 10.8 Å². The van der Waals surface area contributed by atoms with Crippen molar-refractivity contribution in [3.8, 4) is 0 Å². The fourth-order valence-electron chi connectivity index (χ4n) is 4.99. The molecule has 0 saturated heterocycles. The SMILES string of the molecule is CN1N=C(C(=O)NC2C(C)(C)C(NC(=O)C3=NN(C)C(=O)CC3)C2(C)C)CCC1=O. The molecule has 164 valence electrons. The summed E-state index contributed by atoms with van der Waals surface area (Å²) >= 11 is 0. The topological polar surface area (TPSA) is 124 Å². The van der Waals surface area contributed by atoms with E-state index in [1.54, 1.807) is 0 Å². The minimum atomic E-state index is -0.414. The van der Waals surface area contributed by atoms with E-state index in [1.165, 1.54) is 24.1 Å². The van der Waals surface area contributed by atoms with Crippen LogP contribution in [0.4, 0.5) is 0 Å². The maximum atomic E-state index is 12.7. The summed E-state index contributed by atoms with van der Waals surface area (Å²) in [5, 5.41) is 16.7. The second kappa shape index (κ2) is 7.48. The minimum absolute atomic E-state index is 0.114. The Labute approximate surface area is 176 Å². The molecule has 1 saturated carbocycles. The van der Waals surface area contributed by atoms with Gasteiger partial charge in [-0.3, -0.25) is 19.2 Å². The van der Waals surface area contributed by atoms with Crippen LogP contribution in [0.2, 0.25) is 0 Å². The van der Waals surface area contributed by atoms with Crippen LogP contribution in [0.3, 0.4) is 0 Å². The lowest BCUT2D eigenvalue weighted by Crippen LogP contribution is -2.78. The van der Waals surface area contributed by atoms with E-state index in [0.717, 1.165) is 0 Å². The molecule has 3 aliphatic rings. The first-order valence-corrected chi connectivity index (χ1v) is 10.2. The fraction of sp³-hybridized carbons (Fsp3) is 0.700. The van der Waals surface area contributed by atoms with Gasteiger partial charge >= 0.3 is 0 Å². The Hall–Kier alpha value is -2.78. The minimum Gasteiger partial charge on any atom is -0.347 e. The van der Waals surface area contributed by atoms with Gasteiger partial charge in [-0.1, -0.05) is 27.7 Å². The number of nitrogens with zero attached hydrogens (tertiary/aromatic N) is 4. The lowest BCUT2D eigenvalue weighted by molar-refractivity contribution is -0.136. The number of rotatable bonds is 4. The van der Waals surface area contributed by atoms with E-state index in [0.29, 0.717) is 24.3 Å². The predicted octanol–water partition coefficient (Wildman–Crippen LogP) is 0.238. The quantitative estimate of drug-likeness (QED) is 0.679. The molecule has 0 bridgehead atoms. The van der Waals surface area contributed by atoms with Gasteiger partial charge in [0, 0.05) is 62.7 Å². The lowest BCUT2D eigenvalue weighted by Gasteiger charge is -2.64. The molecule has 2 N–H and O–H groups in total. The van der Waals surface area contributed by atoms with Crippen LogP contribution < -0.4 is 10.6 Å². The summed E-state index contributed by atoms with van der Waals surface area (Å²) < 4.78 is 0. The van der Waals surface area contributed by atoms with Crippen molar-refractivity contribution in [3.63, 3.8) is 0 Å². The van der Waals surface area contributed by atoms with Gasteiger partial charge in [-0.2, -0.15) is 10.2 Å². The maximum Gasteiger partial charge on any atom is 0.267 e. The molecule has 4 amide bonds. The van der Waals surface area contributed by atoms with Crippen molar-refractivity contribution < 1.29 is 19.2 Å². The molecular formula is C20H30N6O4. The Morgan fingerprint density at radius 2 is 1.10 bits per heavy atom. The highest BCUT2D eigenvalue weighted by molar-refractivity contribution is 6.40. The number of hydrazone groups is 2. The van der Waals surface area contributed by atoms with Gasteiger partial charge in [0.2, 0.25) is 11.8 Å². The zero-order valence-corrected chi connectivity index (χ0v) is 18.4. The Kier molecular flexibility index (Phi) is 5.46. The van der Waals surface area contributed by atoms with Gasteiger partial charge in [0.05, 0.1) is 0 Å². The summed E-state index contributed by atoms with van der Waals surface area (Å²) in [5.74, 6) is -0.808. The second-order valence-electron chi connectivity index (χ2n) is 9.38. The molecule has 0 aromatic heterocycles. The summed E-state index contributed by atoms with van der Waals surface area (Å²) in [5.41, 5.74) is -0.160. The average Bonchev–Trinajstić information content (AvgIpc) is 2.67. The third-order valence-electron chi connectivity index (χ3n) is 6.47. The number of amides is 4. The number of hydrogen-bond acceptors (Lipinski definition) is 6. The van der Waals surface area contributed by atoms with Gasteiger partial charge in [-0.05, 0) is 0 Å². The summed E-state index contributed by atoms with van der Waals surface area (Å²) in [4.78, 5) is 48.7. The molecule has 10 heteroatoms. The van der Waals surface area contributed by atoms with Crippen LogP contribution in [0.15, 0.2) is 10.2 Å². The molecule has 0 spiro atoms. The van der Waals surface area contributed by atoms with Gasteiger partial charge in [0.1, 0.15) is 11.4 Å². The van der Waals surface area contributed by atoms with E-state index in [4.69, 9.17) is 0 Å². The van der Waals surface area contributed by atoms with E-state index in [2.05, 4.69) is 20.8 Å². The smallest absolute Gasteiger partial charge is 0.267 e. The van der Waals surface area contributed by atoms with Crippen molar-refractivity contribution in [1.82, 2.24) is 20.7 Å². The third-order valence-corrected chi connectivity index (χ3v) is 6.47. The van der Waals surface area contributed by atoms with Crippen LogP contribution in [0.5, 0.6) is 0 Å². The highest BCUT2D eigenvalue weighted by Crippen LogP contribution is 2.53. The van der Waals surface area contributed by atoms with Crippen molar-refractivity contribution in [3.05, 3.63) is 0 Å². The van der Waals surface area contributed by atoms with E-state index >= 15 is 0 Å². The molecule has 0 aromatic carbocycles. The van der Waals surface area contributed by atoms with Gasteiger partial charge in [0.15, 0.2) is 0 Å². The lowest BCUT2D eigenvalue weighted by atomic mass is 9.48. The zero-order valence-electron chi connectivity index (χ0n) is 18.4. The molecule has 2 heterocycles. The first kappa shape index (κ1) is 21.9. The van der Waals surface area contributed by atoms with Crippen molar-refractivity contribution in [2.24, 2.45) is 21.0 Å². The number of nitrogens with one attached hydrogen (secondary N) is 2. The summed E-state index contributed by atoms with van der Waals surface area (Å²) in [6.45, 7) is 7.96. The van der Waals surface area contributed by atoms with Crippen molar-refractivity contribution in [2.75, 3.05) is 14.1 Å². The molecule has 2 aliphatic heterocycles. The molecule has 0 unspecified atom stereocenters. The zero-order chi connectivity index (χ0) is 22.4. The predicted molar refractivity (Wildman–Crippen MR) is 110 cm³/mol. The van der Waals surface area contributed by atoms with Crippen LogP contribution in [-0.4, -0.2) is 71.2 Å². The molecule has 3 rings (SSSR count). The van der Waals surface area contributed by atoms with Crippen LogP contribution >= 0.6 is 0 Å². The van der Waals surface area contributed by atoms with Gasteiger partial charge in [-0.15, -0.1) is 0 Å². The van der Waals surface area contributed by atoms with E-state index in [1.807, 2.05) is 27.7 Å². The summed E-state index contributed by atoms with van der Waals surface area (Å²) in [6, 6.07) is -0.406. The van der Waals surface area contributed by atoms with Crippen LogP contribution in [0.25, 0.3) is 0 Å². The van der Waals surface area contributed by atoms with Gasteiger partial charge in [0.25, 0.3) is 11.8 Å². The standard InChI is InChI=1S/C20H30N6O4/c1-19(2)17(21-15(29)11-7-9-13(27)25(5)23-11)20(3,4)18(19)22-16(30)12-8-10-14(28)26(6)24-12/h17-18H,7-10H2,1-6H3,(H,21,29)(H,22,30). The monoisotopic (exact) mass is 418 g/mol. The van der Waals surface area contributed by atoms with Crippen molar-refractivity contribution in [2.45, 2.75) is 65.5 Å². The Bertz CT molecular complexity index is 777. The highest BCUT2D eigenvalue weighted by atomic mass is 16.2. The third kappa shape index (κ3) is 3.70. The van der Waals surface area contributed by atoms with E-state index in [-0.39, 0.29) is 48.6 Å². The van der Waals surface area contributed by atoms with Crippen LogP contribution in [0, 0.1) is 10.8 Å². The maximum absolute atomic E-state index is 12.7. The van der Waals surface area contributed by atoms with Gasteiger partial charge < -0.3 is 10.6 Å². The number of hydrogen-bond donors (Lipinski definition) is 2. The van der Waals surface area contributed by atoms with Crippen molar-refractivity contribution in [1.29, 1.82) is 0 Å². The Morgan fingerprint density at radius 1 is 0.767 bits per heavy atom. The summed E-state index contributed by atoms with van der Waals surface area (Å²) in [6.07, 6.45) is 1.15. The molecule has 0 aromatic rings. The van der Waals surface area contributed by atoms with Crippen molar-refractivity contribution >= 4 is 35.1 Å². The fourth-order valence-corrected chi connectivity index (χ4v) is 4.99. The molecule has 0 radical (unpaired) electrons. The Balaban J connectivity index is 1.69. The van der Waals surface area contributed by atoms with Crippen LogP contribution in [-0.2, 0) is 19.2 Å². The molecule has 1 aliphatic carbocycles. The second-order valence-corrected chi connectivity index (χ2v) is 9.38. The van der Waals surface area contributed by atoms with E-state index in [9.17, 15) is 19.2 Å². The van der Waals surface area contributed by atoms with Gasteiger partial charge in [-0.25, -0.2) is 10.0 Å². The number of carbonyl (C=O) groups excluding carboxylic acids is 4. The first-order chi connectivity index (χ1) is 13.9. The molecule has 0 atom stereocenters. The highest BCUT2D eigenvalue weighted by Gasteiger charge is 2.63. The first-order valence-electron chi connectivity index (χ1n) is 10.2. The van der Waals surface area contributed by atoms with Crippen LogP contribution in [0.1, 0.15) is 53.4 Å². The molecule has 1 fully saturated rings. The summed E-state index contributed by atoms with van der Waals surface area (Å²) in [7, 11) is 3.08.